The van der Waals surface area contributed by atoms with E-state index in [1.807, 2.05) is 0 Å². The van der Waals surface area contributed by atoms with Gasteiger partial charge in [0.25, 0.3) is 0 Å². The zero-order valence-electron chi connectivity index (χ0n) is 51.7. The third-order valence-electron chi connectivity index (χ3n) is 14.6. The Morgan fingerprint density at radius 1 is 0.269 bits per heavy atom. The van der Waals surface area contributed by atoms with E-state index < -0.39 is 6.10 Å². The summed E-state index contributed by atoms with van der Waals surface area (Å²) in [5, 5.41) is 0. The van der Waals surface area contributed by atoms with E-state index in [0.717, 1.165) is 103 Å². The Kier molecular flexibility index (Phi) is 63.2. The lowest BCUT2D eigenvalue weighted by Gasteiger charge is -2.18. The SMILES string of the molecule is CC/C=C\C/C=C\C/C=C\C/C=C\C/C=C\CCCCCCCCCCCCCC(=O)OCC(COC(=O)CCCCCCCCCCCCCCCCC)OC(=O)CCCCCCCCC/C=C\C/C=C\CCCCCC. The van der Waals surface area contributed by atoms with Crippen LogP contribution in [0.15, 0.2) is 85.1 Å². The van der Waals surface area contributed by atoms with Crippen molar-refractivity contribution in [3.8, 4) is 0 Å². The van der Waals surface area contributed by atoms with Gasteiger partial charge in [-0.25, -0.2) is 0 Å². The van der Waals surface area contributed by atoms with E-state index in [1.165, 1.54) is 193 Å². The molecule has 0 aromatic carbocycles. The maximum Gasteiger partial charge on any atom is 0.306 e. The largest absolute Gasteiger partial charge is 0.462 e. The van der Waals surface area contributed by atoms with Crippen molar-refractivity contribution < 1.29 is 28.6 Å². The van der Waals surface area contributed by atoms with Crippen molar-refractivity contribution >= 4 is 17.9 Å². The minimum atomic E-state index is -0.782. The first-order valence-electron chi connectivity index (χ1n) is 33.6. The number of hydrogen-bond acceptors (Lipinski definition) is 6. The lowest BCUT2D eigenvalue weighted by molar-refractivity contribution is -0.167. The van der Waals surface area contributed by atoms with Crippen LogP contribution in [0, 0.1) is 0 Å². The predicted octanol–water partition coefficient (Wildman–Crippen LogP) is 23.1. The van der Waals surface area contributed by atoms with Crippen molar-refractivity contribution in [3.05, 3.63) is 85.1 Å². The van der Waals surface area contributed by atoms with Gasteiger partial charge in [0.1, 0.15) is 13.2 Å². The van der Waals surface area contributed by atoms with Crippen LogP contribution in [-0.2, 0) is 28.6 Å². The third-order valence-corrected chi connectivity index (χ3v) is 14.6. The van der Waals surface area contributed by atoms with Crippen LogP contribution in [0.4, 0.5) is 0 Å². The number of esters is 3. The number of carbonyl (C=O) groups is 3. The maximum atomic E-state index is 12.9. The summed E-state index contributed by atoms with van der Waals surface area (Å²) in [7, 11) is 0. The van der Waals surface area contributed by atoms with Crippen LogP contribution in [0.1, 0.15) is 335 Å². The van der Waals surface area contributed by atoms with Crippen LogP contribution in [0.5, 0.6) is 0 Å². The van der Waals surface area contributed by atoms with Crippen LogP contribution in [0.2, 0.25) is 0 Å². The average molecular weight is 1090 g/mol. The van der Waals surface area contributed by atoms with E-state index in [9.17, 15) is 14.4 Å². The van der Waals surface area contributed by atoms with Gasteiger partial charge in [0.15, 0.2) is 6.10 Å². The molecule has 0 aromatic rings. The summed E-state index contributed by atoms with van der Waals surface area (Å²) in [4.78, 5) is 38.4. The Hall–Kier alpha value is -3.41. The first-order chi connectivity index (χ1) is 38.5. The molecule has 0 amide bonds. The molecule has 0 spiro atoms. The van der Waals surface area contributed by atoms with Gasteiger partial charge >= 0.3 is 17.9 Å². The van der Waals surface area contributed by atoms with Crippen LogP contribution < -0.4 is 0 Å². The van der Waals surface area contributed by atoms with Gasteiger partial charge in [-0.2, -0.15) is 0 Å². The van der Waals surface area contributed by atoms with Gasteiger partial charge in [-0.05, 0) is 96.3 Å². The molecular formula is C72H126O6. The monoisotopic (exact) mass is 1090 g/mol. The number of ether oxygens (including phenoxy) is 3. The molecule has 0 radical (unpaired) electrons. The highest BCUT2D eigenvalue weighted by Crippen LogP contribution is 2.17. The molecule has 0 heterocycles. The van der Waals surface area contributed by atoms with Crippen molar-refractivity contribution in [1.82, 2.24) is 0 Å². The van der Waals surface area contributed by atoms with Crippen molar-refractivity contribution in [2.75, 3.05) is 13.2 Å². The summed E-state index contributed by atoms with van der Waals surface area (Å²) in [6, 6.07) is 0. The summed E-state index contributed by atoms with van der Waals surface area (Å²) in [5.74, 6) is -0.871. The number of carbonyl (C=O) groups excluding carboxylic acids is 3. The van der Waals surface area contributed by atoms with E-state index in [1.54, 1.807) is 0 Å². The second-order valence-corrected chi connectivity index (χ2v) is 22.4. The highest BCUT2D eigenvalue weighted by Gasteiger charge is 2.19. The Morgan fingerprint density at radius 2 is 0.500 bits per heavy atom. The van der Waals surface area contributed by atoms with E-state index in [0.29, 0.717) is 19.3 Å². The summed E-state index contributed by atoms with van der Waals surface area (Å²) < 4.78 is 17.0. The predicted molar refractivity (Wildman–Crippen MR) is 339 cm³/mol. The fourth-order valence-electron chi connectivity index (χ4n) is 9.62. The second kappa shape index (κ2) is 66.1. The molecule has 0 N–H and O–H groups in total. The quantitative estimate of drug-likeness (QED) is 0.0261. The molecule has 1 unspecified atom stereocenters. The van der Waals surface area contributed by atoms with Crippen LogP contribution in [0.3, 0.4) is 0 Å². The smallest absolute Gasteiger partial charge is 0.306 e. The highest BCUT2D eigenvalue weighted by atomic mass is 16.6. The van der Waals surface area contributed by atoms with Gasteiger partial charge in [0, 0.05) is 19.3 Å². The molecule has 6 nitrogen and oxygen atoms in total. The lowest BCUT2D eigenvalue weighted by atomic mass is 10.0. The van der Waals surface area contributed by atoms with E-state index in [-0.39, 0.29) is 31.1 Å². The molecule has 0 aliphatic carbocycles. The number of hydrogen-bond donors (Lipinski definition) is 0. The fraction of sp³-hybridized carbons (Fsp3) is 0.764. The molecule has 0 saturated heterocycles. The summed E-state index contributed by atoms with van der Waals surface area (Å²) >= 11 is 0. The molecule has 0 bridgehead atoms. The lowest BCUT2D eigenvalue weighted by Crippen LogP contribution is -2.30. The van der Waals surface area contributed by atoms with Crippen LogP contribution in [0.25, 0.3) is 0 Å². The van der Waals surface area contributed by atoms with E-state index in [2.05, 4.69) is 106 Å². The summed E-state index contributed by atoms with van der Waals surface area (Å²) in [6.07, 6.45) is 87.3. The Labute approximate surface area is 484 Å². The van der Waals surface area contributed by atoms with Gasteiger partial charge in [-0.15, -0.1) is 0 Å². The molecule has 6 heteroatoms. The molecule has 0 rings (SSSR count). The van der Waals surface area contributed by atoms with Gasteiger partial charge in [0.05, 0.1) is 0 Å². The van der Waals surface area contributed by atoms with E-state index in [4.69, 9.17) is 14.2 Å². The van der Waals surface area contributed by atoms with Crippen LogP contribution in [-0.4, -0.2) is 37.2 Å². The van der Waals surface area contributed by atoms with E-state index >= 15 is 0 Å². The average Bonchev–Trinajstić information content (AvgIpc) is 3.44. The Morgan fingerprint density at radius 3 is 0.795 bits per heavy atom. The number of unbranched alkanes of at least 4 members (excludes halogenated alkanes) is 36. The molecule has 450 valence electrons. The minimum Gasteiger partial charge on any atom is -0.462 e. The van der Waals surface area contributed by atoms with Crippen molar-refractivity contribution in [3.63, 3.8) is 0 Å². The van der Waals surface area contributed by atoms with Gasteiger partial charge in [-0.3, -0.25) is 14.4 Å². The molecule has 1 atom stereocenters. The number of allylic oxidation sites excluding steroid dienone is 14. The molecular weight excluding hydrogens is 961 g/mol. The first kappa shape index (κ1) is 74.6. The fourth-order valence-corrected chi connectivity index (χ4v) is 9.62. The zero-order valence-corrected chi connectivity index (χ0v) is 51.7. The normalized spacial score (nSPS) is 12.6. The molecule has 0 saturated carbocycles. The Balaban J connectivity index is 4.31. The van der Waals surface area contributed by atoms with Gasteiger partial charge in [-0.1, -0.05) is 305 Å². The Bertz CT molecular complexity index is 1480. The first-order valence-corrected chi connectivity index (χ1v) is 33.6. The summed E-state index contributed by atoms with van der Waals surface area (Å²) in [6.45, 7) is 6.55. The molecule has 0 aliphatic heterocycles. The third kappa shape index (κ3) is 63.4. The topological polar surface area (TPSA) is 78.9 Å². The van der Waals surface area contributed by atoms with Crippen molar-refractivity contribution in [1.29, 1.82) is 0 Å². The summed E-state index contributed by atoms with van der Waals surface area (Å²) in [5.41, 5.74) is 0. The van der Waals surface area contributed by atoms with Gasteiger partial charge in [0.2, 0.25) is 0 Å². The number of rotatable bonds is 61. The standard InChI is InChI=1S/C72H126O6/c1-4-7-10-13-16-19-22-25-28-30-32-33-34-35-36-37-38-39-40-42-44-47-50-53-56-59-62-65-71(74)77-68-69(67-76-70(73)64-61-58-55-52-49-46-43-27-24-21-18-15-12-9-6-3)78-72(75)66-63-60-57-54-51-48-45-41-31-29-26-23-20-17-14-11-8-5-2/h7,10,16,19-20,23,25,28-29,31-33,35-36,69H,4-6,8-9,11-15,17-18,21-22,24,26-27,30,34,37-68H2,1-3H3/b10-7-,19-16-,23-20-,28-25-,31-29-,33-32-,36-35-. The second-order valence-electron chi connectivity index (χ2n) is 22.4. The minimum absolute atomic E-state index is 0.0767. The van der Waals surface area contributed by atoms with Crippen molar-refractivity contribution in [2.45, 2.75) is 341 Å². The molecule has 78 heavy (non-hydrogen) atoms. The molecule has 0 fully saturated rings. The van der Waals surface area contributed by atoms with Gasteiger partial charge < -0.3 is 14.2 Å². The highest BCUT2D eigenvalue weighted by molar-refractivity contribution is 5.71. The molecule has 0 aromatic heterocycles. The van der Waals surface area contributed by atoms with Crippen LogP contribution >= 0.6 is 0 Å². The van der Waals surface area contributed by atoms with Crippen molar-refractivity contribution in [2.24, 2.45) is 0 Å². The zero-order chi connectivity index (χ0) is 56.4. The molecule has 0 aliphatic rings. The maximum absolute atomic E-state index is 12.9.